The average Bonchev–Trinajstić information content (AvgIpc) is 2.56. The Kier molecular flexibility index (Phi) is 3.91. The van der Waals surface area contributed by atoms with Gasteiger partial charge in [0.25, 0.3) is 0 Å². The number of rotatable bonds is 4. The predicted octanol–water partition coefficient (Wildman–Crippen LogP) is 0.897. The second kappa shape index (κ2) is 6.17. The van der Waals surface area contributed by atoms with Crippen molar-refractivity contribution >= 4 is 0 Å². The first kappa shape index (κ1) is 13.9. The Balaban J connectivity index is 2.03. The summed E-state index contributed by atoms with van der Waals surface area (Å²) in [6.07, 6.45) is 0. The highest BCUT2D eigenvalue weighted by molar-refractivity contribution is 5.16. The monoisotopic (exact) mass is 294 g/mol. The van der Waals surface area contributed by atoms with Gasteiger partial charge < -0.3 is 0 Å². The molecule has 0 atom stereocenters. The molecule has 0 aliphatic rings. The van der Waals surface area contributed by atoms with E-state index < -0.39 is 11.4 Å². The van der Waals surface area contributed by atoms with E-state index in [0.29, 0.717) is 0 Å². The summed E-state index contributed by atoms with van der Waals surface area (Å²) in [6.45, 7) is 0.550. The Morgan fingerprint density at radius 1 is 0.636 bits per heavy atom. The number of aromatic nitrogens is 4. The SMILES string of the molecule is O=c1nnc(=O)n(Cc2ccccc2)n1Cc1ccccc1. The lowest BCUT2D eigenvalue weighted by molar-refractivity contribution is 0.426. The Morgan fingerprint density at radius 3 is 1.36 bits per heavy atom. The molecule has 3 rings (SSSR count). The van der Waals surface area contributed by atoms with Crippen LogP contribution in [0.4, 0.5) is 0 Å². The lowest BCUT2D eigenvalue weighted by Crippen LogP contribution is -2.42. The highest BCUT2D eigenvalue weighted by Gasteiger charge is 2.09. The van der Waals surface area contributed by atoms with Crippen molar-refractivity contribution in [3.8, 4) is 0 Å². The second-order valence-electron chi connectivity index (χ2n) is 4.85. The maximum atomic E-state index is 12.0. The van der Waals surface area contributed by atoms with Gasteiger partial charge in [-0.05, 0) is 11.1 Å². The van der Waals surface area contributed by atoms with Gasteiger partial charge in [0, 0.05) is 0 Å². The van der Waals surface area contributed by atoms with E-state index in [-0.39, 0.29) is 13.1 Å². The first-order chi connectivity index (χ1) is 10.7. The number of nitrogens with zero attached hydrogens (tertiary/aromatic N) is 4. The highest BCUT2D eigenvalue weighted by Crippen LogP contribution is 2.02. The summed E-state index contributed by atoms with van der Waals surface area (Å²) in [6, 6.07) is 18.9. The van der Waals surface area contributed by atoms with Crippen molar-refractivity contribution in [2.24, 2.45) is 0 Å². The molecule has 1 aromatic heterocycles. The Morgan fingerprint density at radius 2 is 1.00 bits per heavy atom. The minimum Gasteiger partial charge on any atom is -0.242 e. The normalized spacial score (nSPS) is 10.5. The average molecular weight is 294 g/mol. The van der Waals surface area contributed by atoms with E-state index in [1.165, 1.54) is 9.36 Å². The molecule has 1 heterocycles. The summed E-state index contributed by atoms with van der Waals surface area (Å²) in [5, 5.41) is 6.80. The van der Waals surface area contributed by atoms with E-state index >= 15 is 0 Å². The molecule has 22 heavy (non-hydrogen) atoms. The molecular formula is C16H14N4O2. The zero-order chi connectivity index (χ0) is 15.4. The molecule has 6 nitrogen and oxygen atoms in total. The standard InChI is InChI=1S/C16H14N4O2/c21-15-17-18-16(22)20(12-14-9-5-2-6-10-14)19(15)11-13-7-3-1-4-8-13/h1-10H,11-12H2. The molecule has 110 valence electrons. The van der Waals surface area contributed by atoms with E-state index in [2.05, 4.69) is 10.2 Å². The van der Waals surface area contributed by atoms with Gasteiger partial charge in [0.1, 0.15) is 0 Å². The van der Waals surface area contributed by atoms with Crippen LogP contribution in [-0.2, 0) is 13.1 Å². The maximum absolute atomic E-state index is 12.0. The van der Waals surface area contributed by atoms with Crippen LogP contribution < -0.4 is 11.4 Å². The molecule has 2 aromatic carbocycles. The predicted molar refractivity (Wildman–Crippen MR) is 81.6 cm³/mol. The van der Waals surface area contributed by atoms with E-state index in [0.717, 1.165) is 11.1 Å². The van der Waals surface area contributed by atoms with E-state index in [1.54, 1.807) is 0 Å². The van der Waals surface area contributed by atoms with Crippen molar-refractivity contribution < 1.29 is 0 Å². The highest BCUT2D eigenvalue weighted by atomic mass is 16.2. The molecule has 0 aliphatic heterocycles. The summed E-state index contributed by atoms with van der Waals surface area (Å²) >= 11 is 0. The third kappa shape index (κ3) is 3.01. The van der Waals surface area contributed by atoms with Crippen molar-refractivity contribution in [3.63, 3.8) is 0 Å². The summed E-state index contributed by atoms with van der Waals surface area (Å²) < 4.78 is 2.63. The first-order valence-corrected chi connectivity index (χ1v) is 6.86. The minimum absolute atomic E-state index is 0.275. The van der Waals surface area contributed by atoms with Gasteiger partial charge in [-0.15, -0.1) is 0 Å². The Hall–Kier alpha value is -3.02. The zero-order valence-electron chi connectivity index (χ0n) is 11.8. The molecule has 3 aromatic rings. The van der Waals surface area contributed by atoms with E-state index in [9.17, 15) is 9.59 Å². The first-order valence-electron chi connectivity index (χ1n) is 6.86. The number of hydrogen-bond acceptors (Lipinski definition) is 4. The zero-order valence-corrected chi connectivity index (χ0v) is 11.8. The van der Waals surface area contributed by atoms with Crippen LogP contribution in [0.2, 0.25) is 0 Å². The maximum Gasteiger partial charge on any atom is 0.381 e. The summed E-state index contributed by atoms with van der Waals surface area (Å²) in [4.78, 5) is 24.0. The molecule has 0 fully saturated rings. The molecule has 0 unspecified atom stereocenters. The molecule has 0 saturated heterocycles. The van der Waals surface area contributed by atoms with Crippen LogP contribution in [-0.4, -0.2) is 19.6 Å². The van der Waals surface area contributed by atoms with Gasteiger partial charge in [-0.3, -0.25) is 0 Å². The van der Waals surface area contributed by atoms with Gasteiger partial charge in [0.05, 0.1) is 13.1 Å². The lowest BCUT2D eigenvalue weighted by atomic mass is 10.2. The quantitative estimate of drug-likeness (QED) is 0.717. The van der Waals surface area contributed by atoms with E-state index in [4.69, 9.17) is 0 Å². The van der Waals surface area contributed by atoms with Gasteiger partial charge in [-0.2, -0.15) is 0 Å². The van der Waals surface area contributed by atoms with Crippen molar-refractivity contribution in [2.45, 2.75) is 13.1 Å². The van der Waals surface area contributed by atoms with Crippen molar-refractivity contribution in [1.82, 2.24) is 19.6 Å². The molecule has 0 spiro atoms. The van der Waals surface area contributed by atoms with Crippen LogP contribution >= 0.6 is 0 Å². The van der Waals surface area contributed by atoms with Crippen molar-refractivity contribution in [3.05, 3.63) is 92.8 Å². The smallest absolute Gasteiger partial charge is 0.242 e. The molecular weight excluding hydrogens is 280 g/mol. The third-order valence-corrected chi connectivity index (χ3v) is 3.30. The van der Waals surface area contributed by atoms with Crippen LogP contribution in [0.15, 0.2) is 70.3 Å². The second-order valence-corrected chi connectivity index (χ2v) is 4.85. The largest absolute Gasteiger partial charge is 0.381 e. The lowest BCUT2D eigenvalue weighted by Gasteiger charge is -2.13. The molecule has 0 N–H and O–H groups in total. The van der Waals surface area contributed by atoms with Gasteiger partial charge in [-0.1, -0.05) is 70.9 Å². The Bertz CT molecular complexity index is 795. The molecule has 0 bridgehead atoms. The topological polar surface area (TPSA) is 69.8 Å². The van der Waals surface area contributed by atoms with Gasteiger partial charge in [0.2, 0.25) is 0 Å². The number of hydrogen-bond donors (Lipinski definition) is 0. The number of benzene rings is 2. The molecule has 0 radical (unpaired) electrons. The van der Waals surface area contributed by atoms with Gasteiger partial charge in [-0.25, -0.2) is 19.0 Å². The van der Waals surface area contributed by atoms with Crippen LogP contribution in [0.5, 0.6) is 0 Å². The van der Waals surface area contributed by atoms with Crippen LogP contribution in [0.25, 0.3) is 0 Å². The van der Waals surface area contributed by atoms with Crippen LogP contribution in [0.3, 0.4) is 0 Å². The minimum atomic E-state index is -0.542. The van der Waals surface area contributed by atoms with Crippen molar-refractivity contribution in [1.29, 1.82) is 0 Å². The molecule has 0 saturated carbocycles. The van der Waals surface area contributed by atoms with Gasteiger partial charge in [0.15, 0.2) is 0 Å². The summed E-state index contributed by atoms with van der Waals surface area (Å²) in [5.74, 6) is 0. The fraction of sp³-hybridized carbons (Fsp3) is 0.125. The fourth-order valence-electron chi connectivity index (χ4n) is 2.21. The third-order valence-electron chi connectivity index (χ3n) is 3.30. The fourth-order valence-corrected chi connectivity index (χ4v) is 2.21. The van der Waals surface area contributed by atoms with Crippen LogP contribution in [0, 0.1) is 0 Å². The van der Waals surface area contributed by atoms with Crippen LogP contribution in [0.1, 0.15) is 11.1 Å². The summed E-state index contributed by atoms with van der Waals surface area (Å²) in [5.41, 5.74) is 0.747. The Labute approximate surface area is 126 Å². The van der Waals surface area contributed by atoms with E-state index in [1.807, 2.05) is 60.7 Å². The molecule has 0 aliphatic carbocycles. The van der Waals surface area contributed by atoms with Gasteiger partial charge >= 0.3 is 11.4 Å². The van der Waals surface area contributed by atoms with Crippen molar-refractivity contribution in [2.75, 3.05) is 0 Å². The summed E-state index contributed by atoms with van der Waals surface area (Å²) in [7, 11) is 0. The molecule has 0 amide bonds. The molecule has 6 heteroatoms.